The van der Waals surface area contributed by atoms with Crippen molar-refractivity contribution in [2.24, 2.45) is 7.05 Å². The fraction of sp³-hybridized carbons (Fsp3) is 0.100. The van der Waals surface area contributed by atoms with Crippen LogP contribution in [0.3, 0.4) is 0 Å². The van der Waals surface area contributed by atoms with Crippen molar-refractivity contribution in [1.82, 2.24) is 0 Å². The molecule has 0 bridgehead atoms. The fourth-order valence-corrected chi connectivity index (χ4v) is 2.23. The number of aryl methyl sites for hydroxylation is 1. The maximum atomic E-state index is 11.0. The number of hydrogen-bond acceptors (Lipinski definition) is 3. The van der Waals surface area contributed by atoms with E-state index in [1.807, 2.05) is 0 Å². The SMILES string of the molecule is C[n+]1ccc(S(=O)(=O)[O-])c2ccccc21. The molecule has 1 aromatic carbocycles. The van der Waals surface area contributed by atoms with E-state index >= 15 is 0 Å². The highest BCUT2D eigenvalue weighted by atomic mass is 32.2. The number of fused-ring (bicyclic) bond motifs is 1. The molecule has 0 aliphatic heterocycles. The molecule has 1 aromatic heterocycles. The van der Waals surface area contributed by atoms with Crippen LogP contribution in [0.1, 0.15) is 0 Å². The number of nitrogens with zero attached hydrogens (tertiary/aromatic N) is 1. The molecule has 0 spiro atoms. The molecule has 0 saturated heterocycles. The van der Waals surface area contributed by atoms with Crippen molar-refractivity contribution in [3.8, 4) is 0 Å². The van der Waals surface area contributed by atoms with Crippen molar-refractivity contribution < 1.29 is 17.5 Å². The van der Waals surface area contributed by atoms with Gasteiger partial charge in [0.25, 0.3) is 0 Å². The predicted molar refractivity (Wildman–Crippen MR) is 53.1 cm³/mol. The normalized spacial score (nSPS) is 11.9. The summed E-state index contributed by atoms with van der Waals surface area (Å²) < 4.78 is 34.7. The number of para-hydroxylation sites is 1. The highest BCUT2D eigenvalue weighted by molar-refractivity contribution is 7.86. The molecule has 5 heteroatoms. The molecule has 0 atom stereocenters. The molecule has 0 radical (unpaired) electrons. The van der Waals surface area contributed by atoms with Gasteiger partial charge in [-0.3, -0.25) is 0 Å². The lowest BCUT2D eigenvalue weighted by molar-refractivity contribution is -0.645. The summed E-state index contributed by atoms with van der Waals surface area (Å²) in [6.07, 6.45) is 1.56. The maximum Gasteiger partial charge on any atom is 0.213 e. The van der Waals surface area contributed by atoms with E-state index in [1.165, 1.54) is 6.07 Å². The van der Waals surface area contributed by atoms with Crippen LogP contribution >= 0.6 is 0 Å². The number of benzene rings is 1. The van der Waals surface area contributed by atoms with E-state index in [2.05, 4.69) is 0 Å². The molecule has 2 aromatic rings. The largest absolute Gasteiger partial charge is 0.744 e. The van der Waals surface area contributed by atoms with Gasteiger partial charge in [0.1, 0.15) is 17.2 Å². The van der Waals surface area contributed by atoms with E-state index < -0.39 is 10.1 Å². The zero-order valence-corrected chi connectivity index (χ0v) is 8.86. The zero-order valence-electron chi connectivity index (χ0n) is 8.04. The van der Waals surface area contributed by atoms with Gasteiger partial charge >= 0.3 is 0 Å². The number of hydrogen-bond donors (Lipinski definition) is 0. The quantitative estimate of drug-likeness (QED) is 0.524. The minimum atomic E-state index is -4.41. The number of aromatic nitrogens is 1. The van der Waals surface area contributed by atoms with Crippen molar-refractivity contribution in [2.45, 2.75) is 4.90 Å². The van der Waals surface area contributed by atoms with Crippen LogP contribution in [-0.4, -0.2) is 13.0 Å². The molecule has 0 fully saturated rings. The molecule has 0 amide bonds. The monoisotopic (exact) mass is 223 g/mol. The van der Waals surface area contributed by atoms with Crippen LogP contribution in [0.15, 0.2) is 41.4 Å². The van der Waals surface area contributed by atoms with Gasteiger partial charge in [0.2, 0.25) is 5.52 Å². The van der Waals surface area contributed by atoms with Crippen LogP contribution in [0, 0.1) is 0 Å². The van der Waals surface area contributed by atoms with E-state index in [0.29, 0.717) is 5.39 Å². The van der Waals surface area contributed by atoms with Gasteiger partial charge in [-0.25, -0.2) is 13.0 Å². The van der Waals surface area contributed by atoms with Gasteiger partial charge < -0.3 is 4.55 Å². The molecule has 0 N–H and O–H groups in total. The van der Waals surface area contributed by atoms with Crippen LogP contribution in [-0.2, 0) is 17.2 Å². The third-order valence-corrected chi connectivity index (χ3v) is 3.16. The topological polar surface area (TPSA) is 61.1 Å². The zero-order chi connectivity index (χ0) is 11.1. The second kappa shape index (κ2) is 3.29. The molecule has 0 unspecified atom stereocenters. The van der Waals surface area contributed by atoms with Gasteiger partial charge in [-0.2, -0.15) is 0 Å². The Bertz CT molecular complexity index is 620. The molecule has 0 aliphatic carbocycles. The van der Waals surface area contributed by atoms with Crippen LogP contribution in [0.2, 0.25) is 0 Å². The minimum absolute atomic E-state index is 0.170. The molecule has 4 nitrogen and oxygen atoms in total. The summed E-state index contributed by atoms with van der Waals surface area (Å²) in [5.74, 6) is 0. The Morgan fingerprint density at radius 3 is 2.53 bits per heavy atom. The van der Waals surface area contributed by atoms with Crippen molar-refractivity contribution in [3.63, 3.8) is 0 Å². The summed E-state index contributed by atoms with van der Waals surface area (Å²) in [6, 6.07) is 8.22. The van der Waals surface area contributed by atoms with Gasteiger partial charge in [0.15, 0.2) is 6.20 Å². The first-order valence-corrected chi connectivity index (χ1v) is 5.74. The van der Waals surface area contributed by atoms with Gasteiger partial charge in [0, 0.05) is 12.1 Å². The van der Waals surface area contributed by atoms with Gasteiger partial charge in [-0.1, -0.05) is 12.1 Å². The first-order valence-electron chi connectivity index (χ1n) is 4.33. The third kappa shape index (κ3) is 1.71. The fourth-order valence-electron chi connectivity index (χ4n) is 1.56. The van der Waals surface area contributed by atoms with Crippen LogP contribution in [0.4, 0.5) is 0 Å². The second-order valence-electron chi connectivity index (χ2n) is 3.26. The van der Waals surface area contributed by atoms with Crippen molar-refractivity contribution in [2.75, 3.05) is 0 Å². The Hall–Kier alpha value is -1.46. The van der Waals surface area contributed by atoms with Gasteiger partial charge in [-0.15, -0.1) is 0 Å². The van der Waals surface area contributed by atoms with E-state index in [-0.39, 0.29) is 4.90 Å². The third-order valence-electron chi connectivity index (χ3n) is 2.27. The lowest BCUT2D eigenvalue weighted by atomic mass is 10.2. The molecule has 0 aliphatic rings. The minimum Gasteiger partial charge on any atom is -0.744 e. The molecule has 2 rings (SSSR count). The Balaban J connectivity index is 2.96. The smallest absolute Gasteiger partial charge is 0.213 e. The van der Waals surface area contributed by atoms with Crippen molar-refractivity contribution >= 4 is 21.0 Å². The van der Waals surface area contributed by atoms with E-state index in [0.717, 1.165) is 5.52 Å². The molecule has 0 saturated carbocycles. The van der Waals surface area contributed by atoms with Crippen LogP contribution in [0.5, 0.6) is 0 Å². The standard InChI is InChI=1S/C10H9NO3S/c1-11-7-6-10(15(12,13)14)8-4-2-3-5-9(8)11/h2-7H,1H3. The van der Waals surface area contributed by atoms with E-state index in [1.54, 1.807) is 42.1 Å². The highest BCUT2D eigenvalue weighted by Crippen LogP contribution is 2.18. The second-order valence-corrected chi connectivity index (χ2v) is 4.61. The molecular formula is C10H9NO3S. The van der Waals surface area contributed by atoms with E-state index in [4.69, 9.17) is 0 Å². The average Bonchev–Trinajstić information content (AvgIpc) is 2.17. The molecular weight excluding hydrogens is 214 g/mol. The highest BCUT2D eigenvalue weighted by Gasteiger charge is 2.12. The average molecular weight is 223 g/mol. The summed E-state index contributed by atoms with van der Waals surface area (Å²) in [4.78, 5) is -0.170. The Morgan fingerprint density at radius 1 is 1.20 bits per heavy atom. The molecule has 15 heavy (non-hydrogen) atoms. The molecule has 1 heterocycles. The van der Waals surface area contributed by atoms with Crippen LogP contribution in [0.25, 0.3) is 10.9 Å². The van der Waals surface area contributed by atoms with Crippen molar-refractivity contribution in [3.05, 3.63) is 36.5 Å². The van der Waals surface area contributed by atoms with Gasteiger partial charge in [0.05, 0.1) is 10.3 Å². The number of rotatable bonds is 1. The number of pyridine rings is 1. The van der Waals surface area contributed by atoms with Gasteiger partial charge in [-0.05, 0) is 6.07 Å². The lowest BCUT2D eigenvalue weighted by Gasteiger charge is -2.08. The summed E-state index contributed by atoms with van der Waals surface area (Å²) in [7, 11) is -2.61. The Labute approximate surface area is 87.5 Å². The summed E-state index contributed by atoms with van der Waals surface area (Å²) in [6.45, 7) is 0. The first kappa shape index (κ1) is 10.1. The summed E-state index contributed by atoms with van der Waals surface area (Å²) in [5.41, 5.74) is 0.717. The van der Waals surface area contributed by atoms with Crippen molar-refractivity contribution in [1.29, 1.82) is 0 Å². The summed E-state index contributed by atoms with van der Waals surface area (Å²) in [5, 5.41) is 0.456. The van der Waals surface area contributed by atoms with Crippen LogP contribution < -0.4 is 4.57 Å². The maximum absolute atomic E-state index is 11.0. The predicted octanol–water partition coefficient (Wildman–Crippen LogP) is 0.568. The first-order chi connectivity index (χ1) is 7.00. The summed E-state index contributed by atoms with van der Waals surface area (Å²) >= 11 is 0. The Morgan fingerprint density at radius 2 is 1.87 bits per heavy atom. The van der Waals surface area contributed by atoms with E-state index in [9.17, 15) is 13.0 Å². The lowest BCUT2D eigenvalue weighted by Crippen LogP contribution is -2.28. The Kier molecular flexibility index (Phi) is 2.21. The molecule has 78 valence electrons.